The summed E-state index contributed by atoms with van der Waals surface area (Å²) in [5.74, 6) is 0.00375. The minimum atomic E-state index is -0.316. The van der Waals surface area contributed by atoms with Gasteiger partial charge < -0.3 is 10.0 Å². The van der Waals surface area contributed by atoms with Crippen molar-refractivity contribution >= 4 is 5.91 Å². The monoisotopic (exact) mass is 155 g/mol. The summed E-state index contributed by atoms with van der Waals surface area (Å²) >= 11 is 0. The van der Waals surface area contributed by atoms with Crippen LogP contribution in [0.4, 0.5) is 0 Å². The van der Waals surface area contributed by atoms with Gasteiger partial charge in [0.1, 0.15) is 0 Å². The van der Waals surface area contributed by atoms with Gasteiger partial charge >= 0.3 is 0 Å². The fraction of sp³-hybridized carbons (Fsp3) is 0.625. The fourth-order valence-electron chi connectivity index (χ4n) is 1.19. The molecular formula is C8H13NO2. The van der Waals surface area contributed by atoms with Crippen LogP contribution in [0.5, 0.6) is 0 Å². The molecule has 0 radical (unpaired) electrons. The van der Waals surface area contributed by atoms with E-state index < -0.39 is 0 Å². The Bertz CT molecular complexity index is 177. The SMILES string of the molecule is CC=CC(=O)N1CC[C@H](O)C1. The Morgan fingerprint density at radius 1 is 1.73 bits per heavy atom. The number of carbonyl (C=O) groups is 1. The van der Waals surface area contributed by atoms with Gasteiger partial charge in [-0.05, 0) is 19.4 Å². The molecule has 0 bridgehead atoms. The van der Waals surface area contributed by atoms with Crippen LogP contribution >= 0.6 is 0 Å². The molecule has 0 aromatic carbocycles. The number of allylic oxidation sites excluding steroid dienone is 1. The zero-order chi connectivity index (χ0) is 8.27. The molecule has 62 valence electrons. The predicted octanol–water partition coefficient (Wildman–Crippen LogP) is 0.156. The van der Waals surface area contributed by atoms with Crippen molar-refractivity contribution in [1.82, 2.24) is 4.90 Å². The molecule has 1 heterocycles. The number of β-amino-alcohol motifs (C(OH)–C–C–N with tert-alkyl or cyclic N) is 1. The van der Waals surface area contributed by atoms with Crippen LogP contribution in [0.3, 0.4) is 0 Å². The molecule has 1 N–H and O–H groups in total. The Kier molecular flexibility index (Phi) is 2.65. The van der Waals surface area contributed by atoms with Crippen molar-refractivity contribution in [2.75, 3.05) is 13.1 Å². The zero-order valence-electron chi connectivity index (χ0n) is 6.66. The number of hydrogen-bond acceptors (Lipinski definition) is 2. The van der Waals surface area contributed by atoms with Crippen LogP contribution in [0.2, 0.25) is 0 Å². The van der Waals surface area contributed by atoms with Gasteiger partial charge in [-0.3, -0.25) is 4.79 Å². The molecule has 0 saturated carbocycles. The first-order chi connectivity index (χ1) is 5.24. The van der Waals surface area contributed by atoms with E-state index in [9.17, 15) is 4.79 Å². The van der Waals surface area contributed by atoms with Crippen molar-refractivity contribution in [1.29, 1.82) is 0 Å². The standard InChI is InChI=1S/C8H13NO2/c1-2-3-8(11)9-5-4-7(10)6-9/h2-3,7,10H,4-6H2,1H3/t7-/m0/s1. The van der Waals surface area contributed by atoms with Crippen molar-refractivity contribution in [3.8, 4) is 0 Å². The van der Waals surface area contributed by atoms with Crippen LogP contribution in [0, 0.1) is 0 Å². The van der Waals surface area contributed by atoms with Gasteiger partial charge in [-0.1, -0.05) is 6.08 Å². The topological polar surface area (TPSA) is 40.5 Å². The number of carbonyl (C=O) groups excluding carboxylic acids is 1. The lowest BCUT2D eigenvalue weighted by atomic mass is 10.3. The molecular weight excluding hydrogens is 142 g/mol. The van der Waals surface area contributed by atoms with Crippen LogP contribution in [-0.2, 0) is 4.79 Å². The van der Waals surface area contributed by atoms with Crippen molar-refractivity contribution in [2.45, 2.75) is 19.4 Å². The second-order valence-electron chi connectivity index (χ2n) is 2.73. The van der Waals surface area contributed by atoms with Gasteiger partial charge in [-0.25, -0.2) is 0 Å². The third-order valence-corrected chi connectivity index (χ3v) is 1.78. The quantitative estimate of drug-likeness (QED) is 0.548. The Morgan fingerprint density at radius 3 is 2.91 bits per heavy atom. The van der Waals surface area contributed by atoms with Crippen molar-refractivity contribution in [2.24, 2.45) is 0 Å². The third kappa shape index (κ3) is 2.05. The number of hydrogen-bond donors (Lipinski definition) is 1. The zero-order valence-corrected chi connectivity index (χ0v) is 6.66. The Balaban J connectivity index is 2.43. The molecule has 0 spiro atoms. The van der Waals surface area contributed by atoms with Crippen molar-refractivity contribution in [3.05, 3.63) is 12.2 Å². The van der Waals surface area contributed by atoms with Crippen molar-refractivity contribution < 1.29 is 9.90 Å². The Labute approximate surface area is 66.3 Å². The van der Waals surface area contributed by atoms with E-state index in [2.05, 4.69) is 0 Å². The van der Waals surface area contributed by atoms with E-state index in [0.717, 1.165) is 0 Å². The van der Waals surface area contributed by atoms with Crippen LogP contribution in [0.1, 0.15) is 13.3 Å². The molecule has 1 amide bonds. The van der Waals surface area contributed by atoms with Gasteiger partial charge in [-0.15, -0.1) is 0 Å². The van der Waals surface area contributed by atoms with Crippen LogP contribution in [0.25, 0.3) is 0 Å². The Hall–Kier alpha value is -0.830. The van der Waals surface area contributed by atoms with Gasteiger partial charge in [0.2, 0.25) is 5.91 Å². The maximum absolute atomic E-state index is 11.1. The lowest BCUT2D eigenvalue weighted by Crippen LogP contribution is -2.27. The summed E-state index contributed by atoms with van der Waals surface area (Å²) in [6, 6.07) is 0. The third-order valence-electron chi connectivity index (χ3n) is 1.78. The van der Waals surface area contributed by atoms with Crippen LogP contribution in [-0.4, -0.2) is 35.1 Å². The molecule has 0 aliphatic carbocycles. The minimum Gasteiger partial charge on any atom is -0.391 e. The molecule has 3 heteroatoms. The Morgan fingerprint density at radius 2 is 2.45 bits per heavy atom. The highest BCUT2D eigenvalue weighted by atomic mass is 16.3. The molecule has 0 aromatic rings. The summed E-state index contributed by atoms with van der Waals surface area (Å²) in [5, 5.41) is 9.10. The van der Waals surface area contributed by atoms with E-state index in [1.165, 1.54) is 6.08 Å². The molecule has 1 aliphatic heterocycles. The molecule has 1 fully saturated rings. The van der Waals surface area contributed by atoms with E-state index >= 15 is 0 Å². The van der Waals surface area contributed by atoms with Gasteiger partial charge in [0.25, 0.3) is 0 Å². The molecule has 1 rings (SSSR count). The average molecular weight is 155 g/mol. The lowest BCUT2D eigenvalue weighted by Gasteiger charge is -2.11. The summed E-state index contributed by atoms with van der Waals surface area (Å²) in [6.07, 6.45) is 3.64. The van der Waals surface area contributed by atoms with E-state index in [1.54, 1.807) is 11.0 Å². The van der Waals surface area contributed by atoms with E-state index in [1.807, 2.05) is 6.92 Å². The van der Waals surface area contributed by atoms with E-state index in [0.29, 0.717) is 19.5 Å². The lowest BCUT2D eigenvalue weighted by molar-refractivity contribution is -0.125. The number of likely N-dealkylation sites (tertiary alicyclic amines) is 1. The molecule has 0 unspecified atom stereocenters. The summed E-state index contributed by atoms with van der Waals surface area (Å²) in [6.45, 7) is 2.98. The summed E-state index contributed by atoms with van der Waals surface area (Å²) in [7, 11) is 0. The van der Waals surface area contributed by atoms with Crippen LogP contribution in [0.15, 0.2) is 12.2 Å². The van der Waals surface area contributed by atoms with Gasteiger partial charge in [0.05, 0.1) is 6.10 Å². The second kappa shape index (κ2) is 3.53. The maximum atomic E-state index is 11.1. The number of aliphatic hydroxyl groups excluding tert-OH is 1. The molecule has 1 saturated heterocycles. The highest BCUT2D eigenvalue weighted by Crippen LogP contribution is 2.08. The summed E-state index contributed by atoms with van der Waals surface area (Å²) < 4.78 is 0. The first-order valence-corrected chi connectivity index (χ1v) is 3.83. The number of nitrogens with zero attached hydrogens (tertiary/aromatic N) is 1. The van der Waals surface area contributed by atoms with Gasteiger partial charge in [0, 0.05) is 13.1 Å². The van der Waals surface area contributed by atoms with Crippen LogP contribution < -0.4 is 0 Å². The highest BCUT2D eigenvalue weighted by molar-refractivity contribution is 5.87. The van der Waals surface area contributed by atoms with E-state index in [-0.39, 0.29) is 12.0 Å². The number of rotatable bonds is 1. The molecule has 1 atom stereocenters. The maximum Gasteiger partial charge on any atom is 0.246 e. The molecule has 0 aromatic heterocycles. The predicted molar refractivity (Wildman–Crippen MR) is 42.0 cm³/mol. The summed E-state index contributed by atoms with van der Waals surface area (Å²) in [4.78, 5) is 12.8. The first-order valence-electron chi connectivity index (χ1n) is 3.83. The molecule has 11 heavy (non-hydrogen) atoms. The summed E-state index contributed by atoms with van der Waals surface area (Å²) in [5.41, 5.74) is 0. The average Bonchev–Trinajstić information content (AvgIpc) is 2.36. The van der Waals surface area contributed by atoms with Gasteiger partial charge in [-0.2, -0.15) is 0 Å². The fourth-order valence-corrected chi connectivity index (χ4v) is 1.19. The second-order valence-corrected chi connectivity index (χ2v) is 2.73. The largest absolute Gasteiger partial charge is 0.391 e. The molecule has 1 aliphatic rings. The van der Waals surface area contributed by atoms with Gasteiger partial charge in [0.15, 0.2) is 0 Å². The molecule has 3 nitrogen and oxygen atoms in total. The number of aliphatic hydroxyl groups is 1. The first kappa shape index (κ1) is 8.27. The van der Waals surface area contributed by atoms with E-state index in [4.69, 9.17) is 5.11 Å². The normalized spacial score (nSPS) is 24.9. The highest BCUT2D eigenvalue weighted by Gasteiger charge is 2.22. The number of amides is 1. The smallest absolute Gasteiger partial charge is 0.246 e. The minimum absolute atomic E-state index is 0.00375. The van der Waals surface area contributed by atoms with Crippen molar-refractivity contribution in [3.63, 3.8) is 0 Å².